The summed E-state index contributed by atoms with van der Waals surface area (Å²) in [6, 6.07) is 12.3. The van der Waals surface area contributed by atoms with Gasteiger partial charge < -0.3 is 15.0 Å². The van der Waals surface area contributed by atoms with Crippen molar-refractivity contribution < 1.29 is 14.3 Å². The molecule has 1 aliphatic rings. The van der Waals surface area contributed by atoms with Crippen LogP contribution in [0.4, 0.5) is 5.69 Å². The summed E-state index contributed by atoms with van der Waals surface area (Å²) in [5.74, 6) is -0.449. The standard InChI is InChI=1S/C17H17N3O3/c21-16-12-23-11-15(17(22)19-14-6-8-18-9-7-14)20(16)10-13-4-2-1-3-5-13/h1-9,15H,10-12H2,(H,18,19,22)/t15-/m1/s1. The monoisotopic (exact) mass is 311 g/mol. The molecule has 2 amide bonds. The molecule has 1 saturated heterocycles. The van der Waals surface area contributed by atoms with E-state index in [1.807, 2.05) is 30.3 Å². The van der Waals surface area contributed by atoms with Gasteiger partial charge in [0.25, 0.3) is 0 Å². The molecule has 23 heavy (non-hydrogen) atoms. The van der Waals surface area contributed by atoms with Crippen LogP contribution >= 0.6 is 0 Å². The number of morpholine rings is 1. The van der Waals surface area contributed by atoms with Crippen molar-refractivity contribution in [1.82, 2.24) is 9.88 Å². The first-order valence-corrected chi connectivity index (χ1v) is 7.36. The minimum Gasteiger partial charge on any atom is -0.369 e. The smallest absolute Gasteiger partial charge is 0.249 e. The van der Waals surface area contributed by atoms with E-state index in [9.17, 15) is 9.59 Å². The van der Waals surface area contributed by atoms with E-state index in [0.717, 1.165) is 5.56 Å². The number of hydrogen-bond acceptors (Lipinski definition) is 4. The van der Waals surface area contributed by atoms with Gasteiger partial charge in [0, 0.05) is 24.6 Å². The van der Waals surface area contributed by atoms with E-state index in [4.69, 9.17) is 4.74 Å². The van der Waals surface area contributed by atoms with E-state index in [2.05, 4.69) is 10.3 Å². The van der Waals surface area contributed by atoms with Crippen molar-refractivity contribution >= 4 is 17.5 Å². The van der Waals surface area contributed by atoms with Crippen molar-refractivity contribution in [2.24, 2.45) is 0 Å². The third kappa shape index (κ3) is 3.73. The van der Waals surface area contributed by atoms with Crippen LogP contribution in [0.15, 0.2) is 54.9 Å². The number of nitrogens with one attached hydrogen (secondary N) is 1. The van der Waals surface area contributed by atoms with Crippen LogP contribution in [0.5, 0.6) is 0 Å². The Kier molecular flexibility index (Phi) is 4.63. The summed E-state index contributed by atoms with van der Waals surface area (Å²) >= 11 is 0. The number of rotatable bonds is 4. The molecule has 1 N–H and O–H groups in total. The third-order valence-electron chi connectivity index (χ3n) is 3.64. The summed E-state index contributed by atoms with van der Waals surface area (Å²) in [5, 5.41) is 2.80. The van der Waals surface area contributed by atoms with E-state index in [0.29, 0.717) is 12.2 Å². The lowest BCUT2D eigenvalue weighted by molar-refractivity contribution is -0.154. The Bertz CT molecular complexity index is 676. The zero-order valence-corrected chi connectivity index (χ0v) is 12.5. The maximum atomic E-state index is 12.5. The quantitative estimate of drug-likeness (QED) is 0.927. The zero-order valence-electron chi connectivity index (χ0n) is 12.5. The summed E-state index contributed by atoms with van der Waals surface area (Å²) in [5.41, 5.74) is 1.62. The maximum Gasteiger partial charge on any atom is 0.249 e. The van der Waals surface area contributed by atoms with E-state index >= 15 is 0 Å². The number of ether oxygens (including phenoxy) is 1. The van der Waals surface area contributed by atoms with Gasteiger partial charge in [-0.1, -0.05) is 30.3 Å². The van der Waals surface area contributed by atoms with Crippen molar-refractivity contribution in [2.75, 3.05) is 18.5 Å². The van der Waals surface area contributed by atoms with Gasteiger partial charge in [-0.25, -0.2) is 0 Å². The van der Waals surface area contributed by atoms with Crippen molar-refractivity contribution in [3.8, 4) is 0 Å². The highest BCUT2D eigenvalue weighted by Gasteiger charge is 2.34. The number of anilines is 1. The number of amides is 2. The Balaban J connectivity index is 1.75. The fourth-order valence-corrected chi connectivity index (χ4v) is 2.46. The SMILES string of the molecule is O=C(Nc1ccncc1)[C@H]1COCC(=O)N1Cc1ccccc1. The minimum absolute atomic E-state index is 0.00582. The van der Waals surface area contributed by atoms with Crippen molar-refractivity contribution in [3.05, 3.63) is 60.4 Å². The minimum atomic E-state index is -0.648. The van der Waals surface area contributed by atoms with Crippen LogP contribution in [0.2, 0.25) is 0 Å². The van der Waals surface area contributed by atoms with Gasteiger partial charge in [-0.2, -0.15) is 0 Å². The first-order valence-electron chi connectivity index (χ1n) is 7.36. The van der Waals surface area contributed by atoms with E-state index in [1.165, 1.54) is 0 Å². The van der Waals surface area contributed by atoms with Crippen LogP contribution in [0.25, 0.3) is 0 Å². The molecular formula is C17H17N3O3. The fraction of sp³-hybridized carbons (Fsp3) is 0.235. The van der Waals surface area contributed by atoms with Gasteiger partial charge in [-0.05, 0) is 17.7 Å². The van der Waals surface area contributed by atoms with Gasteiger partial charge in [-0.3, -0.25) is 14.6 Å². The Hall–Kier alpha value is -2.73. The second-order valence-corrected chi connectivity index (χ2v) is 5.26. The number of aromatic nitrogens is 1. The largest absolute Gasteiger partial charge is 0.369 e. The molecule has 0 unspecified atom stereocenters. The highest BCUT2D eigenvalue weighted by molar-refractivity contribution is 5.97. The molecule has 1 aliphatic heterocycles. The summed E-state index contributed by atoms with van der Waals surface area (Å²) in [4.78, 5) is 30.2. The molecular weight excluding hydrogens is 294 g/mol. The normalized spacial score (nSPS) is 17.8. The Morgan fingerprint density at radius 1 is 1.22 bits per heavy atom. The number of carbonyl (C=O) groups is 2. The van der Waals surface area contributed by atoms with Gasteiger partial charge in [0.2, 0.25) is 11.8 Å². The van der Waals surface area contributed by atoms with Gasteiger partial charge >= 0.3 is 0 Å². The second-order valence-electron chi connectivity index (χ2n) is 5.26. The van der Waals surface area contributed by atoms with E-state index in [1.54, 1.807) is 29.4 Å². The number of pyridine rings is 1. The molecule has 2 aromatic rings. The summed E-state index contributed by atoms with van der Waals surface area (Å²) < 4.78 is 5.26. The molecule has 0 aliphatic carbocycles. The lowest BCUT2D eigenvalue weighted by atomic mass is 10.1. The van der Waals surface area contributed by atoms with Gasteiger partial charge in [-0.15, -0.1) is 0 Å². The van der Waals surface area contributed by atoms with Crippen molar-refractivity contribution in [2.45, 2.75) is 12.6 Å². The number of nitrogens with zero attached hydrogens (tertiary/aromatic N) is 2. The molecule has 6 heteroatoms. The fourth-order valence-electron chi connectivity index (χ4n) is 2.46. The highest BCUT2D eigenvalue weighted by atomic mass is 16.5. The first-order chi connectivity index (χ1) is 11.2. The average molecular weight is 311 g/mol. The van der Waals surface area contributed by atoms with Crippen LogP contribution in [0.1, 0.15) is 5.56 Å². The van der Waals surface area contributed by atoms with Crippen LogP contribution in [0.3, 0.4) is 0 Å². The summed E-state index contributed by atoms with van der Waals surface area (Å²) in [6.45, 7) is 0.582. The first kappa shape index (κ1) is 15.2. The predicted octanol–water partition coefficient (Wildman–Crippen LogP) is 1.45. The molecule has 0 radical (unpaired) electrons. The molecule has 0 spiro atoms. The topological polar surface area (TPSA) is 71.5 Å². The Labute approximate surface area is 134 Å². The highest BCUT2D eigenvalue weighted by Crippen LogP contribution is 2.15. The third-order valence-corrected chi connectivity index (χ3v) is 3.64. The lowest BCUT2D eigenvalue weighted by Gasteiger charge is -2.34. The van der Waals surface area contributed by atoms with Gasteiger partial charge in [0.1, 0.15) is 12.6 Å². The molecule has 6 nitrogen and oxygen atoms in total. The molecule has 0 bridgehead atoms. The van der Waals surface area contributed by atoms with Crippen molar-refractivity contribution in [3.63, 3.8) is 0 Å². The molecule has 1 aromatic heterocycles. The van der Waals surface area contributed by atoms with E-state index < -0.39 is 6.04 Å². The molecule has 2 heterocycles. The predicted molar refractivity (Wildman–Crippen MR) is 84.5 cm³/mol. The van der Waals surface area contributed by atoms with Crippen LogP contribution in [0, 0.1) is 0 Å². The Morgan fingerprint density at radius 2 is 1.96 bits per heavy atom. The van der Waals surface area contributed by atoms with Crippen LogP contribution in [-0.2, 0) is 20.9 Å². The van der Waals surface area contributed by atoms with Crippen molar-refractivity contribution in [1.29, 1.82) is 0 Å². The van der Waals surface area contributed by atoms with Gasteiger partial charge in [0.15, 0.2) is 0 Å². The summed E-state index contributed by atoms with van der Waals surface area (Å²) in [6.07, 6.45) is 3.19. The molecule has 3 rings (SSSR count). The molecule has 1 aromatic carbocycles. The van der Waals surface area contributed by atoms with Crippen LogP contribution in [-0.4, -0.2) is 41.0 Å². The number of benzene rings is 1. The molecule has 1 fully saturated rings. The average Bonchev–Trinajstić information content (AvgIpc) is 2.58. The molecule has 0 saturated carbocycles. The van der Waals surface area contributed by atoms with E-state index in [-0.39, 0.29) is 25.0 Å². The van der Waals surface area contributed by atoms with Crippen LogP contribution < -0.4 is 5.32 Å². The Morgan fingerprint density at radius 3 is 2.70 bits per heavy atom. The molecule has 118 valence electrons. The lowest BCUT2D eigenvalue weighted by Crippen LogP contribution is -2.54. The maximum absolute atomic E-state index is 12.5. The number of carbonyl (C=O) groups excluding carboxylic acids is 2. The zero-order chi connectivity index (χ0) is 16.1. The van der Waals surface area contributed by atoms with Gasteiger partial charge in [0.05, 0.1) is 6.61 Å². The second kappa shape index (κ2) is 7.02. The summed E-state index contributed by atoms with van der Waals surface area (Å²) in [7, 11) is 0. The number of hydrogen-bond donors (Lipinski definition) is 1. The molecule has 1 atom stereocenters.